The van der Waals surface area contributed by atoms with E-state index in [1.54, 1.807) is 17.7 Å². The summed E-state index contributed by atoms with van der Waals surface area (Å²) >= 11 is 0. The van der Waals surface area contributed by atoms with Crippen LogP contribution in [0.15, 0.2) is 40.8 Å². The first kappa shape index (κ1) is 17.4. The van der Waals surface area contributed by atoms with E-state index in [1.165, 1.54) is 0 Å². The van der Waals surface area contributed by atoms with Crippen LogP contribution in [0.25, 0.3) is 11.5 Å². The van der Waals surface area contributed by atoms with Crippen LogP contribution in [0.5, 0.6) is 0 Å². The van der Waals surface area contributed by atoms with Gasteiger partial charge in [0.2, 0.25) is 11.8 Å². The number of carbonyl (C=O) groups is 1. The normalized spacial score (nSPS) is 10.5. The van der Waals surface area contributed by atoms with Gasteiger partial charge in [0.15, 0.2) is 0 Å². The van der Waals surface area contributed by atoms with Crippen molar-refractivity contribution in [1.29, 1.82) is 5.26 Å². The molecule has 0 radical (unpaired) electrons. The van der Waals surface area contributed by atoms with Crippen LogP contribution in [0, 0.1) is 25.2 Å². The van der Waals surface area contributed by atoms with E-state index in [9.17, 15) is 4.79 Å². The molecule has 1 N–H and O–H groups in total. The number of aromatic nitrogens is 3. The Morgan fingerprint density at radius 3 is 2.81 bits per heavy atom. The molecule has 0 fully saturated rings. The number of amides is 1. The van der Waals surface area contributed by atoms with Crippen molar-refractivity contribution in [2.75, 3.05) is 5.32 Å². The number of nitriles is 1. The Hall–Kier alpha value is -3.40. The number of carbonyl (C=O) groups excluding carboxylic acids is 1. The Morgan fingerprint density at radius 2 is 2.08 bits per heavy atom. The highest BCUT2D eigenvalue weighted by Gasteiger charge is 2.16. The molecule has 7 heteroatoms. The fourth-order valence-corrected chi connectivity index (χ4v) is 2.61. The van der Waals surface area contributed by atoms with Crippen LogP contribution in [0.4, 0.5) is 5.82 Å². The van der Waals surface area contributed by atoms with E-state index < -0.39 is 0 Å². The highest BCUT2D eigenvalue weighted by Crippen LogP contribution is 2.22. The van der Waals surface area contributed by atoms with Gasteiger partial charge in [0.1, 0.15) is 11.6 Å². The van der Waals surface area contributed by atoms with E-state index in [1.807, 2.05) is 37.3 Å². The quantitative estimate of drug-likeness (QED) is 0.737. The zero-order valence-electron chi connectivity index (χ0n) is 14.7. The summed E-state index contributed by atoms with van der Waals surface area (Å²) in [7, 11) is 0. The highest BCUT2D eigenvalue weighted by atomic mass is 16.4. The number of hydrogen-bond donors (Lipinski definition) is 1. The Balaban J connectivity index is 1.71. The van der Waals surface area contributed by atoms with Gasteiger partial charge in [0.05, 0.1) is 36.8 Å². The minimum absolute atomic E-state index is 0.102. The van der Waals surface area contributed by atoms with Crippen molar-refractivity contribution >= 4 is 11.7 Å². The third-order valence-electron chi connectivity index (χ3n) is 3.85. The van der Waals surface area contributed by atoms with Gasteiger partial charge >= 0.3 is 0 Å². The summed E-state index contributed by atoms with van der Waals surface area (Å²) in [6.07, 6.45) is 0.428. The average Bonchev–Trinajstić information content (AvgIpc) is 3.16. The van der Waals surface area contributed by atoms with Gasteiger partial charge in [-0.2, -0.15) is 10.4 Å². The maximum absolute atomic E-state index is 12.4. The third kappa shape index (κ3) is 3.98. The Kier molecular flexibility index (Phi) is 5.13. The lowest BCUT2D eigenvalue weighted by Crippen LogP contribution is -2.18. The van der Waals surface area contributed by atoms with E-state index in [-0.39, 0.29) is 12.3 Å². The smallest absolute Gasteiger partial charge is 0.231 e. The molecule has 3 aromatic rings. The third-order valence-corrected chi connectivity index (χ3v) is 3.85. The summed E-state index contributed by atoms with van der Waals surface area (Å²) in [5, 5.41) is 15.9. The highest BCUT2D eigenvalue weighted by molar-refractivity contribution is 5.91. The van der Waals surface area contributed by atoms with E-state index >= 15 is 0 Å². The van der Waals surface area contributed by atoms with Crippen LogP contribution in [-0.4, -0.2) is 20.7 Å². The molecule has 0 spiro atoms. The zero-order chi connectivity index (χ0) is 18.5. The molecule has 1 aromatic carbocycles. The molecule has 0 aliphatic carbocycles. The van der Waals surface area contributed by atoms with E-state index in [0.29, 0.717) is 36.1 Å². The molecule has 0 atom stereocenters. The van der Waals surface area contributed by atoms with E-state index in [4.69, 9.17) is 9.68 Å². The summed E-state index contributed by atoms with van der Waals surface area (Å²) in [4.78, 5) is 16.9. The maximum atomic E-state index is 12.4. The fourth-order valence-electron chi connectivity index (χ4n) is 2.61. The number of rotatable bonds is 6. The molecule has 2 aromatic heterocycles. The summed E-state index contributed by atoms with van der Waals surface area (Å²) in [6.45, 7) is 4.07. The lowest BCUT2D eigenvalue weighted by atomic mass is 10.2. The van der Waals surface area contributed by atoms with Gasteiger partial charge in [-0.3, -0.25) is 4.79 Å². The Morgan fingerprint density at radius 1 is 1.31 bits per heavy atom. The first-order valence-corrected chi connectivity index (χ1v) is 8.30. The molecule has 0 bridgehead atoms. The predicted molar refractivity (Wildman–Crippen MR) is 96.2 cm³/mol. The number of benzene rings is 1. The number of nitrogens with zero attached hydrogens (tertiary/aromatic N) is 4. The minimum atomic E-state index is -0.209. The first-order chi connectivity index (χ1) is 12.6. The largest absolute Gasteiger partial charge is 0.441 e. The molecule has 0 saturated heterocycles. The average molecular weight is 349 g/mol. The van der Waals surface area contributed by atoms with Crippen LogP contribution < -0.4 is 5.32 Å². The lowest BCUT2D eigenvalue weighted by Gasteiger charge is -2.06. The predicted octanol–water partition coefficient (Wildman–Crippen LogP) is 3.25. The molecular formula is C19H19N5O2. The molecule has 0 aliphatic heterocycles. The molecule has 7 nitrogen and oxygen atoms in total. The molecule has 132 valence electrons. The van der Waals surface area contributed by atoms with Gasteiger partial charge in [0, 0.05) is 11.6 Å². The standard InChI is InChI=1S/C19H19N5O2/c1-13-11-17(24(23-13)10-6-9-20)22-18(25)12-16-14(2)26-19(21-16)15-7-4-3-5-8-15/h3-5,7-8,11H,6,10,12H2,1-2H3,(H,22,25). The van der Waals surface area contributed by atoms with Crippen molar-refractivity contribution in [3.8, 4) is 17.5 Å². The van der Waals surface area contributed by atoms with Crippen LogP contribution in [0.3, 0.4) is 0 Å². The van der Waals surface area contributed by atoms with Crippen molar-refractivity contribution in [2.24, 2.45) is 0 Å². The minimum Gasteiger partial charge on any atom is -0.441 e. The number of anilines is 1. The number of hydrogen-bond acceptors (Lipinski definition) is 5. The molecule has 3 rings (SSSR count). The number of oxazole rings is 1. The van der Waals surface area contributed by atoms with Gasteiger partial charge in [-0.25, -0.2) is 9.67 Å². The van der Waals surface area contributed by atoms with Crippen molar-refractivity contribution < 1.29 is 9.21 Å². The van der Waals surface area contributed by atoms with Crippen LogP contribution >= 0.6 is 0 Å². The van der Waals surface area contributed by atoms with Gasteiger partial charge < -0.3 is 9.73 Å². The maximum Gasteiger partial charge on any atom is 0.231 e. The van der Waals surface area contributed by atoms with Crippen molar-refractivity contribution in [3.05, 3.63) is 53.5 Å². The second kappa shape index (κ2) is 7.66. The van der Waals surface area contributed by atoms with Gasteiger partial charge in [-0.15, -0.1) is 0 Å². The van der Waals surface area contributed by atoms with Gasteiger partial charge in [-0.05, 0) is 26.0 Å². The Bertz CT molecular complexity index is 950. The van der Waals surface area contributed by atoms with Gasteiger partial charge in [0.25, 0.3) is 0 Å². The van der Waals surface area contributed by atoms with Crippen molar-refractivity contribution in [2.45, 2.75) is 33.2 Å². The first-order valence-electron chi connectivity index (χ1n) is 8.30. The van der Waals surface area contributed by atoms with Crippen molar-refractivity contribution in [1.82, 2.24) is 14.8 Å². The van der Waals surface area contributed by atoms with Gasteiger partial charge in [-0.1, -0.05) is 18.2 Å². The van der Waals surface area contributed by atoms with Crippen molar-refractivity contribution in [3.63, 3.8) is 0 Å². The summed E-state index contributed by atoms with van der Waals surface area (Å²) in [5.74, 6) is 1.49. The molecule has 0 unspecified atom stereocenters. The summed E-state index contributed by atoms with van der Waals surface area (Å²) in [5.41, 5.74) is 2.25. The molecule has 26 heavy (non-hydrogen) atoms. The van der Waals surface area contributed by atoms with Crippen LogP contribution in [-0.2, 0) is 17.8 Å². The van der Waals surface area contributed by atoms with E-state index in [2.05, 4.69) is 21.5 Å². The molecule has 0 saturated carbocycles. The van der Waals surface area contributed by atoms with Crippen LogP contribution in [0.1, 0.15) is 23.6 Å². The monoisotopic (exact) mass is 349 g/mol. The second-order valence-corrected chi connectivity index (χ2v) is 5.92. The topological polar surface area (TPSA) is 96.7 Å². The van der Waals surface area contributed by atoms with E-state index in [0.717, 1.165) is 11.3 Å². The molecule has 0 aliphatic rings. The summed E-state index contributed by atoms with van der Waals surface area (Å²) in [6, 6.07) is 13.4. The Labute approximate surface area is 151 Å². The zero-order valence-corrected chi connectivity index (χ0v) is 14.7. The van der Waals surface area contributed by atoms with Crippen LogP contribution in [0.2, 0.25) is 0 Å². The molecule has 1 amide bonds. The number of aryl methyl sites for hydroxylation is 3. The summed E-state index contributed by atoms with van der Waals surface area (Å²) < 4.78 is 7.31. The molecular weight excluding hydrogens is 330 g/mol. The lowest BCUT2D eigenvalue weighted by molar-refractivity contribution is -0.115. The molecule has 2 heterocycles. The second-order valence-electron chi connectivity index (χ2n) is 5.92. The SMILES string of the molecule is Cc1cc(NC(=O)Cc2nc(-c3ccccc3)oc2C)n(CCC#N)n1. The number of nitrogens with one attached hydrogen (secondary N) is 1. The fraction of sp³-hybridized carbons (Fsp3) is 0.263.